The highest BCUT2D eigenvalue weighted by atomic mass is 16.5. The Kier molecular flexibility index (Phi) is 6.13. The number of esters is 1. The molecule has 2 aliphatic rings. The second kappa shape index (κ2) is 8.16. The lowest BCUT2D eigenvalue weighted by Gasteiger charge is -2.54. The average Bonchev–Trinajstić information content (AvgIpc) is 2.70. The quantitative estimate of drug-likeness (QED) is 0.521. The SMILES string of the molecule is COC(=O)C1(C)CCCC2(C)c3cc(C(=O)CCC(=O)O)c(C(C)C)cc3CCC12. The van der Waals surface area contributed by atoms with E-state index in [-0.39, 0.29) is 41.8 Å². The van der Waals surface area contributed by atoms with E-state index in [1.54, 1.807) is 0 Å². The van der Waals surface area contributed by atoms with E-state index in [0.29, 0.717) is 5.56 Å². The maximum Gasteiger partial charge on any atom is 0.311 e. The van der Waals surface area contributed by atoms with Crippen molar-refractivity contribution >= 4 is 17.7 Å². The van der Waals surface area contributed by atoms with E-state index in [1.165, 1.54) is 12.7 Å². The van der Waals surface area contributed by atoms with Crippen molar-refractivity contribution in [2.24, 2.45) is 11.3 Å². The zero-order valence-corrected chi connectivity index (χ0v) is 18.8. The molecule has 1 N–H and O–H groups in total. The molecule has 3 rings (SSSR count). The molecule has 2 aliphatic carbocycles. The highest BCUT2D eigenvalue weighted by Gasteiger charge is 2.55. The second-order valence-electron chi connectivity index (χ2n) is 9.84. The number of carbonyl (C=O) groups excluding carboxylic acids is 2. The molecule has 1 aromatic carbocycles. The smallest absolute Gasteiger partial charge is 0.311 e. The predicted molar refractivity (Wildman–Crippen MR) is 115 cm³/mol. The fourth-order valence-electron chi connectivity index (χ4n) is 6.09. The molecule has 1 aromatic rings. The summed E-state index contributed by atoms with van der Waals surface area (Å²) in [6.07, 6.45) is 4.39. The number of carbonyl (C=O) groups is 3. The van der Waals surface area contributed by atoms with E-state index in [1.807, 2.05) is 13.0 Å². The van der Waals surface area contributed by atoms with Crippen LogP contribution < -0.4 is 0 Å². The Hall–Kier alpha value is -2.17. The molecule has 0 saturated heterocycles. The van der Waals surface area contributed by atoms with E-state index >= 15 is 0 Å². The summed E-state index contributed by atoms with van der Waals surface area (Å²) in [5.41, 5.74) is 3.35. The number of aliphatic carboxylic acids is 1. The largest absolute Gasteiger partial charge is 0.481 e. The molecule has 0 radical (unpaired) electrons. The molecule has 0 bridgehead atoms. The molecule has 3 unspecified atom stereocenters. The van der Waals surface area contributed by atoms with Crippen molar-refractivity contribution in [1.82, 2.24) is 0 Å². The molecular weight excluding hydrogens is 380 g/mol. The predicted octanol–water partition coefficient (Wildman–Crippen LogP) is 5.04. The Balaban J connectivity index is 2.10. The van der Waals surface area contributed by atoms with Crippen molar-refractivity contribution in [2.45, 2.75) is 84.0 Å². The van der Waals surface area contributed by atoms with Crippen molar-refractivity contribution in [2.75, 3.05) is 7.11 Å². The van der Waals surface area contributed by atoms with Crippen LogP contribution in [0.25, 0.3) is 0 Å². The Morgan fingerprint density at radius 1 is 1.17 bits per heavy atom. The molecule has 164 valence electrons. The molecule has 0 aromatic heterocycles. The maximum absolute atomic E-state index is 13.0. The van der Waals surface area contributed by atoms with Crippen LogP contribution in [0.4, 0.5) is 0 Å². The number of aryl methyl sites for hydroxylation is 1. The van der Waals surface area contributed by atoms with Crippen molar-refractivity contribution < 1.29 is 24.2 Å². The number of carboxylic acids is 1. The zero-order chi connectivity index (χ0) is 22.3. The molecular formula is C25H34O5. The fourth-order valence-corrected chi connectivity index (χ4v) is 6.09. The van der Waals surface area contributed by atoms with E-state index < -0.39 is 11.4 Å². The van der Waals surface area contributed by atoms with Crippen molar-refractivity contribution in [3.8, 4) is 0 Å². The summed E-state index contributed by atoms with van der Waals surface area (Å²) in [7, 11) is 1.46. The molecule has 0 amide bonds. The molecule has 1 saturated carbocycles. The van der Waals surface area contributed by atoms with E-state index in [4.69, 9.17) is 9.84 Å². The Morgan fingerprint density at radius 3 is 2.47 bits per heavy atom. The number of Topliss-reactive ketones (excluding diaryl/α,β-unsaturated/α-hetero) is 1. The lowest BCUT2D eigenvalue weighted by Crippen LogP contribution is -2.52. The number of ether oxygens (including phenoxy) is 1. The van der Waals surface area contributed by atoms with Gasteiger partial charge in [0.15, 0.2) is 5.78 Å². The van der Waals surface area contributed by atoms with Gasteiger partial charge in [-0.2, -0.15) is 0 Å². The number of benzene rings is 1. The first-order chi connectivity index (χ1) is 14.0. The van der Waals surface area contributed by atoms with Crippen LogP contribution in [-0.2, 0) is 26.2 Å². The van der Waals surface area contributed by atoms with Gasteiger partial charge < -0.3 is 9.84 Å². The number of methoxy groups -OCH3 is 1. The summed E-state index contributed by atoms with van der Waals surface area (Å²) in [5.74, 6) is -0.873. The standard InChI is InChI=1S/C25H34O5/c1-15(2)17-13-16-7-9-21-24(3,11-6-12-25(21,4)23(29)30-5)19(16)14-18(17)20(26)8-10-22(27)28/h13-15,21H,6-12H2,1-5H3,(H,27,28). The van der Waals surface area contributed by atoms with Crippen LogP contribution in [0.5, 0.6) is 0 Å². The molecule has 30 heavy (non-hydrogen) atoms. The van der Waals surface area contributed by atoms with Crippen LogP contribution in [0.3, 0.4) is 0 Å². The van der Waals surface area contributed by atoms with Gasteiger partial charge in [0.05, 0.1) is 18.9 Å². The molecule has 0 heterocycles. The van der Waals surface area contributed by atoms with Crippen LogP contribution >= 0.6 is 0 Å². The Morgan fingerprint density at radius 2 is 1.87 bits per heavy atom. The van der Waals surface area contributed by atoms with Crippen molar-refractivity contribution in [3.05, 3.63) is 34.4 Å². The van der Waals surface area contributed by atoms with Gasteiger partial charge in [-0.1, -0.05) is 33.3 Å². The summed E-state index contributed by atoms with van der Waals surface area (Å²) in [6, 6.07) is 4.20. The highest BCUT2D eigenvalue weighted by Crippen LogP contribution is 2.58. The number of rotatable bonds is 6. The van der Waals surface area contributed by atoms with E-state index in [9.17, 15) is 14.4 Å². The maximum atomic E-state index is 13.0. The minimum absolute atomic E-state index is 0.00780. The van der Waals surface area contributed by atoms with Gasteiger partial charge in [0.1, 0.15) is 0 Å². The minimum Gasteiger partial charge on any atom is -0.481 e. The first-order valence-corrected chi connectivity index (χ1v) is 11.0. The molecule has 5 heteroatoms. The Labute approximate surface area is 179 Å². The van der Waals surface area contributed by atoms with Gasteiger partial charge in [0.2, 0.25) is 0 Å². The van der Waals surface area contributed by atoms with Crippen LogP contribution in [-0.4, -0.2) is 29.9 Å². The first kappa shape index (κ1) is 22.5. The normalized spacial score (nSPS) is 27.9. The summed E-state index contributed by atoms with van der Waals surface area (Å²) >= 11 is 0. The summed E-state index contributed by atoms with van der Waals surface area (Å²) < 4.78 is 5.19. The summed E-state index contributed by atoms with van der Waals surface area (Å²) in [4.78, 5) is 36.7. The van der Waals surface area contributed by atoms with Crippen LogP contribution in [0.1, 0.15) is 99.2 Å². The third-order valence-corrected chi connectivity index (χ3v) is 7.66. The number of hydrogen-bond acceptors (Lipinski definition) is 4. The van der Waals surface area contributed by atoms with E-state index in [0.717, 1.165) is 43.2 Å². The third-order valence-electron chi connectivity index (χ3n) is 7.66. The van der Waals surface area contributed by atoms with Gasteiger partial charge in [-0.05, 0) is 72.6 Å². The zero-order valence-electron chi connectivity index (χ0n) is 18.8. The third kappa shape index (κ3) is 3.67. The lowest BCUT2D eigenvalue weighted by atomic mass is 9.49. The average molecular weight is 415 g/mol. The van der Waals surface area contributed by atoms with Crippen molar-refractivity contribution in [3.63, 3.8) is 0 Å². The van der Waals surface area contributed by atoms with E-state index in [2.05, 4.69) is 26.8 Å². The lowest BCUT2D eigenvalue weighted by molar-refractivity contribution is -0.161. The number of carboxylic acid groups (broad SMARTS) is 1. The van der Waals surface area contributed by atoms with Gasteiger partial charge in [-0.3, -0.25) is 14.4 Å². The Bertz CT molecular complexity index is 871. The topological polar surface area (TPSA) is 80.7 Å². The van der Waals surface area contributed by atoms with Crippen molar-refractivity contribution in [1.29, 1.82) is 0 Å². The fraction of sp³-hybridized carbons (Fsp3) is 0.640. The van der Waals surface area contributed by atoms with Gasteiger partial charge in [-0.25, -0.2) is 0 Å². The summed E-state index contributed by atoms with van der Waals surface area (Å²) in [5, 5.41) is 9.01. The number of ketones is 1. The molecule has 0 aliphatic heterocycles. The van der Waals surface area contributed by atoms with Gasteiger partial charge in [0.25, 0.3) is 0 Å². The van der Waals surface area contributed by atoms with Crippen LogP contribution in [0.15, 0.2) is 12.1 Å². The number of hydrogen-bond donors (Lipinski definition) is 1. The highest BCUT2D eigenvalue weighted by molar-refractivity contribution is 5.99. The van der Waals surface area contributed by atoms with Gasteiger partial charge in [-0.15, -0.1) is 0 Å². The summed E-state index contributed by atoms with van der Waals surface area (Å²) in [6.45, 7) is 8.40. The molecule has 0 spiro atoms. The van der Waals surface area contributed by atoms with Crippen LogP contribution in [0.2, 0.25) is 0 Å². The first-order valence-electron chi connectivity index (χ1n) is 11.0. The van der Waals surface area contributed by atoms with Crippen LogP contribution in [0, 0.1) is 11.3 Å². The van der Waals surface area contributed by atoms with Gasteiger partial charge >= 0.3 is 11.9 Å². The molecule has 5 nitrogen and oxygen atoms in total. The minimum atomic E-state index is -0.958. The number of fused-ring (bicyclic) bond motifs is 3. The molecule has 1 fully saturated rings. The van der Waals surface area contributed by atoms with Gasteiger partial charge in [0, 0.05) is 12.0 Å². The monoisotopic (exact) mass is 414 g/mol. The molecule has 3 atom stereocenters. The second-order valence-corrected chi connectivity index (χ2v) is 9.84.